The van der Waals surface area contributed by atoms with Gasteiger partial charge in [-0.2, -0.15) is 0 Å². The van der Waals surface area contributed by atoms with E-state index in [-0.39, 0.29) is 12.5 Å². The number of methoxy groups -OCH3 is 1. The number of nitrogens with one attached hydrogen (secondary N) is 2. The molecule has 0 bridgehead atoms. The summed E-state index contributed by atoms with van der Waals surface area (Å²) in [5.74, 6) is -1.50. The molecule has 1 aromatic carbocycles. The number of hydrogen-bond acceptors (Lipinski definition) is 6. The van der Waals surface area contributed by atoms with Gasteiger partial charge in [0, 0.05) is 7.05 Å². The van der Waals surface area contributed by atoms with Crippen molar-refractivity contribution in [2.24, 2.45) is 5.92 Å². The van der Waals surface area contributed by atoms with Crippen molar-refractivity contribution in [3.05, 3.63) is 35.4 Å². The summed E-state index contributed by atoms with van der Waals surface area (Å²) in [6, 6.07) is 5.27. The highest BCUT2D eigenvalue weighted by Gasteiger charge is 2.35. The first-order valence-electron chi connectivity index (χ1n) is 10.9. The number of rotatable bonds is 9. The zero-order chi connectivity index (χ0) is 25.3. The number of carbonyl (C=O) groups is 4. The average molecular weight is 464 g/mol. The monoisotopic (exact) mass is 463 g/mol. The van der Waals surface area contributed by atoms with Gasteiger partial charge in [0.15, 0.2) is 0 Å². The molecule has 0 fully saturated rings. The lowest BCUT2D eigenvalue weighted by atomic mass is 9.97. The number of likely N-dealkylation sites (N-methyl/N-ethyl adjacent to an activating group) is 1. The highest BCUT2D eigenvalue weighted by atomic mass is 16.6. The van der Waals surface area contributed by atoms with Crippen LogP contribution in [0.2, 0.25) is 0 Å². The van der Waals surface area contributed by atoms with Gasteiger partial charge in [-0.3, -0.25) is 14.4 Å². The molecule has 2 atom stereocenters. The zero-order valence-electron chi connectivity index (χ0n) is 20.9. The van der Waals surface area contributed by atoms with Gasteiger partial charge in [0.25, 0.3) is 0 Å². The minimum absolute atomic E-state index is 0.0901. The molecule has 0 aliphatic rings. The van der Waals surface area contributed by atoms with Crippen molar-refractivity contribution in [3.8, 4) is 0 Å². The predicted octanol–water partition coefficient (Wildman–Crippen LogP) is 2.72. The SMILES string of the molecule is COC(=O)CNC(=O)C(c1ccccc1C)N(C)C(=O)C(CC(C)C)NC(=O)OC(C)(C)C. The number of carbonyl (C=O) groups excluding carboxylic acids is 4. The summed E-state index contributed by atoms with van der Waals surface area (Å²) in [5, 5.41) is 5.17. The van der Waals surface area contributed by atoms with E-state index >= 15 is 0 Å². The number of benzene rings is 1. The normalized spacial score (nSPS) is 13.0. The Hall–Kier alpha value is -3.10. The van der Waals surface area contributed by atoms with E-state index in [9.17, 15) is 19.2 Å². The largest absolute Gasteiger partial charge is 0.468 e. The summed E-state index contributed by atoms with van der Waals surface area (Å²) in [7, 11) is 2.73. The Bertz CT molecular complexity index is 847. The van der Waals surface area contributed by atoms with Gasteiger partial charge in [0.1, 0.15) is 24.2 Å². The second-order valence-corrected chi connectivity index (χ2v) is 9.33. The molecule has 0 aliphatic heterocycles. The van der Waals surface area contributed by atoms with Crippen LogP contribution in [0.5, 0.6) is 0 Å². The van der Waals surface area contributed by atoms with Crippen LogP contribution in [0.1, 0.15) is 58.2 Å². The third kappa shape index (κ3) is 9.11. The molecule has 2 unspecified atom stereocenters. The third-order valence-corrected chi connectivity index (χ3v) is 4.80. The summed E-state index contributed by atoms with van der Waals surface area (Å²) < 4.78 is 9.90. The predicted molar refractivity (Wildman–Crippen MR) is 124 cm³/mol. The van der Waals surface area contributed by atoms with Gasteiger partial charge in [0.2, 0.25) is 11.8 Å². The number of amides is 3. The lowest BCUT2D eigenvalue weighted by Crippen LogP contribution is -2.52. The van der Waals surface area contributed by atoms with Crippen LogP contribution in [0.4, 0.5) is 4.79 Å². The number of ether oxygens (including phenoxy) is 2. The topological polar surface area (TPSA) is 114 Å². The quantitative estimate of drug-likeness (QED) is 0.545. The highest BCUT2D eigenvalue weighted by Crippen LogP contribution is 2.25. The van der Waals surface area contributed by atoms with Gasteiger partial charge in [0.05, 0.1) is 7.11 Å². The van der Waals surface area contributed by atoms with Crippen LogP contribution in [-0.4, -0.2) is 61.1 Å². The number of alkyl carbamates (subject to hydrolysis) is 1. The minimum Gasteiger partial charge on any atom is -0.468 e. The zero-order valence-corrected chi connectivity index (χ0v) is 20.9. The smallest absolute Gasteiger partial charge is 0.408 e. The van der Waals surface area contributed by atoms with Gasteiger partial charge >= 0.3 is 12.1 Å². The van der Waals surface area contributed by atoms with E-state index in [1.54, 1.807) is 32.9 Å². The van der Waals surface area contributed by atoms with E-state index in [0.29, 0.717) is 12.0 Å². The van der Waals surface area contributed by atoms with Crippen molar-refractivity contribution in [3.63, 3.8) is 0 Å². The van der Waals surface area contributed by atoms with Gasteiger partial charge in [-0.15, -0.1) is 0 Å². The van der Waals surface area contributed by atoms with Gasteiger partial charge in [-0.25, -0.2) is 4.79 Å². The molecule has 3 amide bonds. The van der Waals surface area contributed by atoms with Crippen molar-refractivity contribution >= 4 is 23.9 Å². The molecule has 0 aliphatic carbocycles. The summed E-state index contributed by atoms with van der Waals surface area (Å²) >= 11 is 0. The molecule has 0 radical (unpaired) electrons. The van der Waals surface area contributed by atoms with E-state index in [4.69, 9.17) is 4.74 Å². The molecule has 33 heavy (non-hydrogen) atoms. The van der Waals surface area contributed by atoms with E-state index in [2.05, 4.69) is 15.4 Å². The molecule has 0 spiro atoms. The Labute approximate surface area is 196 Å². The molecule has 2 N–H and O–H groups in total. The molecule has 0 saturated heterocycles. The van der Waals surface area contributed by atoms with Crippen molar-refractivity contribution < 1.29 is 28.7 Å². The van der Waals surface area contributed by atoms with E-state index in [0.717, 1.165) is 5.56 Å². The van der Waals surface area contributed by atoms with Gasteiger partial charge < -0.3 is 25.0 Å². The summed E-state index contributed by atoms with van der Waals surface area (Å²) in [6.07, 6.45) is -0.357. The van der Waals surface area contributed by atoms with E-state index < -0.39 is 41.6 Å². The lowest BCUT2D eigenvalue weighted by Gasteiger charge is -2.32. The standard InChI is InChI=1S/C24H37N3O6/c1-15(2)13-18(26-23(31)33-24(4,5)6)22(30)27(7)20(17-12-10-9-11-16(17)3)21(29)25-14-19(28)32-8/h9-12,15,18,20H,13-14H2,1-8H3,(H,25,29)(H,26,31). The summed E-state index contributed by atoms with van der Waals surface area (Å²) in [4.78, 5) is 51.8. The fourth-order valence-electron chi connectivity index (χ4n) is 3.26. The number of nitrogens with zero attached hydrogens (tertiary/aromatic N) is 1. The summed E-state index contributed by atoms with van der Waals surface area (Å²) in [5.41, 5.74) is 0.686. The number of hydrogen-bond donors (Lipinski definition) is 2. The third-order valence-electron chi connectivity index (χ3n) is 4.80. The molecule has 9 heteroatoms. The molecule has 9 nitrogen and oxygen atoms in total. The maximum Gasteiger partial charge on any atom is 0.408 e. The molecule has 0 saturated carbocycles. The fourth-order valence-corrected chi connectivity index (χ4v) is 3.26. The molecule has 0 aromatic heterocycles. The van der Waals surface area contributed by atoms with Crippen LogP contribution >= 0.6 is 0 Å². The average Bonchev–Trinajstić information content (AvgIpc) is 2.70. The maximum atomic E-state index is 13.5. The maximum absolute atomic E-state index is 13.5. The highest BCUT2D eigenvalue weighted by molar-refractivity contribution is 5.93. The molecule has 1 aromatic rings. The lowest BCUT2D eigenvalue weighted by molar-refractivity contribution is -0.144. The first-order chi connectivity index (χ1) is 15.3. The van der Waals surface area contributed by atoms with Crippen molar-refractivity contribution in [1.82, 2.24) is 15.5 Å². The van der Waals surface area contributed by atoms with Crippen molar-refractivity contribution in [2.45, 2.75) is 65.6 Å². The van der Waals surface area contributed by atoms with Gasteiger partial charge in [-0.1, -0.05) is 38.1 Å². The number of aryl methyl sites for hydroxylation is 1. The molecule has 1 rings (SSSR count). The second kappa shape index (κ2) is 12.2. The Kier molecular flexibility index (Phi) is 10.3. The van der Waals surface area contributed by atoms with E-state index in [1.807, 2.05) is 32.9 Å². The first kappa shape index (κ1) is 27.9. The van der Waals surface area contributed by atoms with Gasteiger partial charge in [-0.05, 0) is 51.2 Å². The molecule has 0 heterocycles. The Balaban J connectivity index is 3.25. The summed E-state index contributed by atoms with van der Waals surface area (Å²) in [6.45, 7) is 10.6. The Morgan fingerprint density at radius 1 is 1.09 bits per heavy atom. The molecular formula is C24H37N3O6. The van der Waals surface area contributed by atoms with Crippen LogP contribution in [0.3, 0.4) is 0 Å². The van der Waals surface area contributed by atoms with Crippen LogP contribution < -0.4 is 10.6 Å². The van der Waals surface area contributed by atoms with Crippen LogP contribution in [-0.2, 0) is 23.9 Å². The van der Waals surface area contributed by atoms with Crippen LogP contribution in [0.25, 0.3) is 0 Å². The Morgan fingerprint density at radius 3 is 2.21 bits per heavy atom. The molecular weight excluding hydrogens is 426 g/mol. The Morgan fingerprint density at radius 2 is 1.70 bits per heavy atom. The minimum atomic E-state index is -1.02. The van der Waals surface area contributed by atoms with Crippen molar-refractivity contribution in [2.75, 3.05) is 20.7 Å². The fraction of sp³-hybridized carbons (Fsp3) is 0.583. The first-order valence-corrected chi connectivity index (χ1v) is 10.9. The number of esters is 1. The van der Waals surface area contributed by atoms with Crippen LogP contribution in [0, 0.1) is 12.8 Å². The second-order valence-electron chi connectivity index (χ2n) is 9.33. The van der Waals surface area contributed by atoms with Crippen molar-refractivity contribution in [1.29, 1.82) is 0 Å². The van der Waals surface area contributed by atoms with E-state index in [1.165, 1.54) is 19.1 Å². The van der Waals surface area contributed by atoms with Crippen LogP contribution in [0.15, 0.2) is 24.3 Å². The molecule has 184 valence electrons.